The average Bonchev–Trinajstić information content (AvgIpc) is 3.52. The summed E-state index contributed by atoms with van der Waals surface area (Å²) in [4.78, 5) is 36.2. The Kier molecular flexibility index (Phi) is 9.96. The predicted octanol–water partition coefficient (Wildman–Crippen LogP) is 6.72. The molecule has 1 N–H and O–H groups in total. The molecule has 1 saturated carbocycles. The predicted molar refractivity (Wildman–Crippen MR) is 179 cm³/mol. The van der Waals surface area contributed by atoms with Crippen molar-refractivity contribution in [1.29, 1.82) is 0 Å². The third-order valence-electron chi connectivity index (χ3n) is 9.11. The van der Waals surface area contributed by atoms with E-state index in [9.17, 15) is 9.59 Å². The summed E-state index contributed by atoms with van der Waals surface area (Å²) >= 11 is 3.74. The summed E-state index contributed by atoms with van der Waals surface area (Å²) in [6.45, 7) is 2.99. The second kappa shape index (κ2) is 14.4. The summed E-state index contributed by atoms with van der Waals surface area (Å²) in [5.74, 6) is -0.0581. The Morgan fingerprint density at radius 3 is 2.40 bits per heavy atom. The Morgan fingerprint density at radius 1 is 0.933 bits per heavy atom. The molecule has 9 heteroatoms. The van der Waals surface area contributed by atoms with Gasteiger partial charge in [-0.1, -0.05) is 108 Å². The number of imidazole rings is 1. The molecule has 3 aromatic carbocycles. The molecular formula is C36H40BrN5O3. The number of rotatable bonds is 8. The number of hydrogen-bond donors (Lipinski definition) is 1. The van der Waals surface area contributed by atoms with Crippen LogP contribution >= 0.6 is 15.9 Å². The molecule has 2 amide bonds. The second-order valence-electron chi connectivity index (χ2n) is 12.0. The van der Waals surface area contributed by atoms with Crippen molar-refractivity contribution in [3.05, 3.63) is 113 Å². The standard InChI is InChI=1S/C36H40BrN5O3/c1-45-36(44)39-31-18-10-11-19-32(31)42-25-38-33(34(42)27-14-6-3-7-15-27)35(43)41-21-20-40(23-26-12-4-2-5-13-26)24-29(41)22-28-16-8-9-17-30(28)37/h2-9,12-17,25,29,31-32H,10-11,18-24H2,1H3,(H,39,44)/t29-,31+,32+/m1/s1. The van der Waals surface area contributed by atoms with Crippen LogP contribution in [-0.4, -0.2) is 70.2 Å². The summed E-state index contributed by atoms with van der Waals surface area (Å²) < 4.78 is 8.12. The Morgan fingerprint density at radius 2 is 1.64 bits per heavy atom. The molecular weight excluding hydrogens is 630 g/mol. The molecule has 2 fully saturated rings. The van der Waals surface area contributed by atoms with Gasteiger partial charge in [-0.3, -0.25) is 9.69 Å². The van der Waals surface area contributed by atoms with E-state index in [0.29, 0.717) is 12.2 Å². The molecule has 3 atom stereocenters. The van der Waals surface area contributed by atoms with Crippen molar-refractivity contribution in [3.63, 3.8) is 0 Å². The van der Waals surface area contributed by atoms with E-state index in [1.165, 1.54) is 18.2 Å². The van der Waals surface area contributed by atoms with Crippen molar-refractivity contribution in [2.75, 3.05) is 26.7 Å². The maximum absolute atomic E-state index is 14.7. The number of carbonyl (C=O) groups excluding carboxylic acids is 2. The van der Waals surface area contributed by atoms with Gasteiger partial charge in [0.15, 0.2) is 5.69 Å². The summed E-state index contributed by atoms with van der Waals surface area (Å²) in [5, 5.41) is 3.05. The molecule has 1 aromatic heterocycles. The van der Waals surface area contributed by atoms with Crippen LogP contribution in [0.5, 0.6) is 0 Å². The van der Waals surface area contributed by atoms with Gasteiger partial charge in [0.05, 0.1) is 31.2 Å². The summed E-state index contributed by atoms with van der Waals surface area (Å²) in [7, 11) is 1.39. The molecule has 1 aliphatic heterocycles. The Labute approximate surface area is 273 Å². The van der Waals surface area contributed by atoms with E-state index in [4.69, 9.17) is 9.72 Å². The van der Waals surface area contributed by atoms with Crippen molar-refractivity contribution in [2.45, 2.75) is 56.8 Å². The van der Waals surface area contributed by atoms with Gasteiger partial charge in [0.1, 0.15) is 0 Å². The lowest BCUT2D eigenvalue weighted by molar-refractivity contribution is 0.0434. The molecule has 45 heavy (non-hydrogen) atoms. The molecule has 2 heterocycles. The average molecular weight is 671 g/mol. The molecule has 0 unspecified atom stereocenters. The Bertz CT molecular complexity index is 1590. The van der Waals surface area contributed by atoms with Gasteiger partial charge in [0.2, 0.25) is 0 Å². The minimum absolute atomic E-state index is 0.0362. The van der Waals surface area contributed by atoms with Crippen LogP contribution in [0.2, 0.25) is 0 Å². The van der Waals surface area contributed by atoms with Gasteiger partial charge >= 0.3 is 6.09 Å². The first-order valence-corrected chi connectivity index (χ1v) is 16.6. The van der Waals surface area contributed by atoms with Crippen LogP contribution in [-0.2, 0) is 17.7 Å². The van der Waals surface area contributed by atoms with E-state index >= 15 is 0 Å². The number of alkyl carbamates (subject to hydrolysis) is 1. The molecule has 0 spiro atoms. The number of ether oxygens (including phenoxy) is 1. The van der Waals surface area contributed by atoms with Crippen LogP contribution < -0.4 is 5.32 Å². The highest BCUT2D eigenvalue weighted by atomic mass is 79.9. The van der Waals surface area contributed by atoms with Gasteiger partial charge in [-0.05, 0) is 36.5 Å². The number of nitrogens with one attached hydrogen (secondary N) is 1. The van der Waals surface area contributed by atoms with E-state index in [-0.39, 0.29) is 24.0 Å². The third kappa shape index (κ3) is 7.15. The SMILES string of the molecule is COC(=O)N[C@H]1CCCC[C@@H]1n1cnc(C(=O)N2CCN(Cc3ccccc3)C[C@H]2Cc2ccccc2Br)c1-c1ccccc1. The van der Waals surface area contributed by atoms with Crippen molar-refractivity contribution in [3.8, 4) is 11.3 Å². The Balaban J connectivity index is 1.34. The maximum Gasteiger partial charge on any atom is 0.407 e. The lowest BCUT2D eigenvalue weighted by Gasteiger charge is -2.41. The zero-order chi connectivity index (χ0) is 31.2. The van der Waals surface area contributed by atoms with Gasteiger partial charge in [0, 0.05) is 42.3 Å². The van der Waals surface area contributed by atoms with Crippen LogP contribution in [0.15, 0.2) is 95.7 Å². The number of halogens is 1. The quantitative estimate of drug-likeness (QED) is 0.225. The number of methoxy groups -OCH3 is 1. The maximum atomic E-state index is 14.7. The number of benzene rings is 3. The Hall–Kier alpha value is -3.95. The summed E-state index contributed by atoms with van der Waals surface area (Å²) in [6, 6.07) is 28.6. The first-order valence-electron chi connectivity index (χ1n) is 15.8. The number of hydrogen-bond acceptors (Lipinski definition) is 5. The molecule has 8 nitrogen and oxygen atoms in total. The fourth-order valence-corrected chi connectivity index (χ4v) is 7.32. The van der Waals surface area contributed by atoms with Crippen molar-refractivity contribution in [1.82, 2.24) is 24.7 Å². The number of piperazine rings is 1. The van der Waals surface area contributed by atoms with Crippen LogP contribution in [0.3, 0.4) is 0 Å². The van der Waals surface area contributed by atoms with E-state index < -0.39 is 6.09 Å². The van der Waals surface area contributed by atoms with Crippen LogP contribution in [0.1, 0.15) is 53.3 Å². The van der Waals surface area contributed by atoms with Gasteiger partial charge in [-0.25, -0.2) is 9.78 Å². The number of aromatic nitrogens is 2. The minimum atomic E-state index is -0.437. The fourth-order valence-electron chi connectivity index (χ4n) is 6.87. The van der Waals surface area contributed by atoms with E-state index in [1.54, 1.807) is 6.33 Å². The van der Waals surface area contributed by atoms with Gasteiger partial charge < -0.3 is 19.5 Å². The van der Waals surface area contributed by atoms with Gasteiger partial charge in [-0.2, -0.15) is 0 Å². The monoisotopic (exact) mass is 669 g/mol. The molecule has 234 valence electrons. The lowest BCUT2D eigenvalue weighted by Crippen LogP contribution is -2.55. The fraction of sp³-hybridized carbons (Fsp3) is 0.361. The largest absolute Gasteiger partial charge is 0.453 e. The third-order valence-corrected chi connectivity index (χ3v) is 9.88. The number of carbonyl (C=O) groups is 2. The van der Waals surface area contributed by atoms with Crippen molar-refractivity contribution < 1.29 is 14.3 Å². The first kappa shape index (κ1) is 31.0. The summed E-state index contributed by atoms with van der Waals surface area (Å²) in [5.41, 5.74) is 4.64. The van der Waals surface area contributed by atoms with Crippen molar-refractivity contribution in [2.24, 2.45) is 0 Å². The van der Waals surface area contributed by atoms with E-state index in [0.717, 1.165) is 67.5 Å². The highest BCUT2D eigenvalue weighted by molar-refractivity contribution is 9.10. The highest BCUT2D eigenvalue weighted by Gasteiger charge is 2.36. The van der Waals surface area contributed by atoms with Gasteiger partial charge in [-0.15, -0.1) is 0 Å². The van der Waals surface area contributed by atoms with Gasteiger partial charge in [0.25, 0.3) is 5.91 Å². The van der Waals surface area contributed by atoms with E-state index in [2.05, 4.69) is 73.2 Å². The zero-order valence-electron chi connectivity index (χ0n) is 25.6. The smallest absolute Gasteiger partial charge is 0.407 e. The molecule has 1 aliphatic carbocycles. The molecule has 6 rings (SSSR count). The van der Waals surface area contributed by atoms with Crippen LogP contribution in [0.25, 0.3) is 11.3 Å². The van der Waals surface area contributed by atoms with Crippen molar-refractivity contribution >= 4 is 27.9 Å². The highest BCUT2D eigenvalue weighted by Crippen LogP contribution is 2.35. The lowest BCUT2D eigenvalue weighted by atomic mass is 9.89. The topological polar surface area (TPSA) is 79.7 Å². The minimum Gasteiger partial charge on any atom is -0.453 e. The summed E-state index contributed by atoms with van der Waals surface area (Å²) in [6.07, 6.45) is 5.87. The molecule has 0 bridgehead atoms. The molecule has 4 aromatic rings. The molecule has 1 saturated heterocycles. The van der Waals surface area contributed by atoms with Crippen LogP contribution in [0, 0.1) is 0 Å². The number of amides is 2. The first-order chi connectivity index (χ1) is 22.0. The second-order valence-corrected chi connectivity index (χ2v) is 12.8. The zero-order valence-corrected chi connectivity index (χ0v) is 27.2. The normalized spacial score (nSPS) is 20.5. The van der Waals surface area contributed by atoms with Crippen LogP contribution in [0.4, 0.5) is 4.79 Å². The van der Waals surface area contributed by atoms with E-state index in [1.807, 2.05) is 47.4 Å². The number of nitrogens with zero attached hydrogens (tertiary/aromatic N) is 4. The molecule has 2 aliphatic rings. The molecule has 0 radical (unpaired) electrons.